The fourth-order valence-electron chi connectivity index (χ4n) is 9.89. The molecule has 0 aliphatic heterocycles. The number of allylic oxidation sites excluding steroid dienone is 4. The van der Waals surface area contributed by atoms with Crippen LogP contribution >= 0.6 is 0 Å². The van der Waals surface area contributed by atoms with E-state index in [2.05, 4.69) is 45.7 Å². The molecule has 0 N–H and O–H groups in total. The number of nitrogens with zero attached hydrogens (tertiary/aromatic N) is 2. The van der Waals surface area contributed by atoms with Crippen molar-refractivity contribution in [3.63, 3.8) is 0 Å². The Morgan fingerprint density at radius 3 is 2.28 bits per heavy atom. The summed E-state index contributed by atoms with van der Waals surface area (Å²) in [5.74, 6) is -0.0844. The van der Waals surface area contributed by atoms with E-state index in [1.807, 2.05) is 32.1 Å². The summed E-state index contributed by atoms with van der Waals surface area (Å²) in [7, 11) is 0. The van der Waals surface area contributed by atoms with Crippen LogP contribution in [0.5, 0.6) is 0 Å². The van der Waals surface area contributed by atoms with E-state index in [1.54, 1.807) is 0 Å². The van der Waals surface area contributed by atoms with Gasteiger partial charge in [-0.1, -0.05) is 60.1 Å². The molecule has 0 aromatic rings. The Balaban J connectivity index is 1.71. The average molecular weight is 489 g/mol. The van der Waals surface area contributed by atoms with Crippen molar-refractivity contribution in [1.82, 2.24) is 0 Å². The number of rotatable bonds is 1. The lowest BCUT2D eigenvalue weighted by Gasteiger charge is -2.68. The number of hydrogen-bond acceptors (Lipinski definition) is 5. The van der Waals surface area contributed by atoms with Crippen LogP contribution in [0.15, 0.2) is 28.3 Å². The Bertz CT molecular complexity index is 1210. The fourth-order valence-corrected chi connectivity index (χ4v) is 9.89. The molecule has 192 valence electrons. The molecule has 0 aromatic heterocycles. The molecule has 2 unspecified atom stereocenters. The van der Waals surface area contributed by atoms with E-state index in [1.165, 1.54) is 0 Å². The maximum absolute atomic E-state index is 14.3. The highest BCUT2D eigenvalue weighted by Gasteiger charge is 2.70. The Hall–Kier alpha value is -2.31. The van der Waals surface area contributed by atoms with Crippen molar-refractivity contribution < 1.29 is 14.4 Å². The normalized spacial score (nSPS) is 46.4. The van der Waals surface area contributed by atoms with Crippen LogP contribution in [0.25, 0.3) is 0 Å². The maximum Gasteiger partial charge on any atom is 0.235 e. The Labute approximate surface area is 215 Å². The first-order valence-corrected chi connectivity index (χ1v) is 13.7. The van der Waals surface area contributed by atoms with E-state index < -0.39 is 16.4 Å². The van der Waals surface area contributed by atoms with Gasteiger partial charge in [-0.3, -0.25) is 9.59 Å². The van der Waals surface area contributed by atoms with Crippen LogP contribution in [0.2, 0.25) is 0 Å². The van der Waals surface area contributed by atoms with Crippen LogP contribution in [0.1, 0.15) is 93.4 Å². The first-order valence-electron chi connectivity index (χ1n) is 13.7. The van der Waals surface area contributed by atoms with Crippen molar-refractivity contribution >= 4 is 17.6 Å². The number of Topliss-reactive ketones (excluding diaryl/α,β-unsaturated/α-hetero) is 1. The van der Waals surface area contributed by atoms with Crippen LogP contribution in [0.4, 0.5) is 0 Å². The van der Waals surface area contributed by atoms with Gasteiger partial charge in [0.2, 0.25) is 6.08 Å². The summed E-state index contributed by atoms with van der Waals surface area (Å²) < 4.78 is 0. The number of carbonyl (C=O) groups excluding carboxylic acids is 3. The lowest BCUT2D eigenvalue weighted by Crippen LogP contribution is -2.66. The zero-order chi connectivity index (χ0) is 26.5. The molecule has 3 fully saturated rings. The van der Waals surface area contributed by atoms with Crippen molar-refractivity contribution in [2.24, 2.45) is 49.8 Å². The Kier molecular flexibility index (Phi) is 5.20. The molecule has 0 radical (unpaired) electrons. The smallest absolute Gasteiger partial charge is 0.235 e. The standard InChI is InChI=1S/C31H40N2O3/c1-26(2)10-12-31(33-18-34)13-11-30(7)24(20(31)16-26)21(35)14-23-28(5)15-19(17-32)25(36)27(3,4)22(28)8-9-29(23,30)6/h14-15,20,22,24H,8-13,16H2,1-7H3/t20?,22?,24-,28-,29+,30+,31-/m0/s1. The van der Waals surface area contributed by atoms with Gasteiger partial charge in [0.1, 0.15) is 6.07 Å². The van der Waals surface area contributed by atoms with Gasteiger partial charge < -0.3 is 0 Å². The molecule has 5 heteroatoms. The predicted octanol–water partition coefficient (Wildman–Crippen LogP) is 6.29. The van der Waals surface area contributed by atoms with Gasteiger partial charge in [0.05, 0.1) is 11.1 Å². The molecule has 0 aromatic carbocycles. The second-order valence-corrected chi connectivity index (χ2v) is 14.6. The minimum absolute atomic E-state index is 0.0173. The second-order valence-electron chi connectivity index (χ2n) is 14.6. The summed E-state index contributed by atoms with van der Waals surface area (Å²) in [6.45, 7) is 15.3. The first kappa shape index (κ1) is 25.3. The minimum atomic E-state index is -0.661. The second kappa shape index (κ2) is 7.38. The SMILES string of the molecule is CC1(C)CC[C@]2(N=C=O)CC[C@]3(C)[C@H](C(=O)C=C4[C@@]5(C)C=C(C#N)C(=O)C(C)(C)C5CC[C@]43C)C2C1. The van der Waals surface area contributed by atoms with E-state index >= 15 is 0 Å². The molecule has 5 aliphatic carbocycles. The molecule has 36 heavy (non-hydrogen) atoms. The van der Waals surface area contributed by atoms with Crippen LogP contribution in [0, 0.1) is 56.2 Å². The van der Waals surface area contributed by atoms with Gasteiger partial charge in [-0.05, 0) is 79.1 Å². The summed E-state index contributed by atoms with van der Waals surface area (Å²) in [4.78, 5) is 43.5. The zero-order valence-corrected chi connectivity index (χ0v) is 23.0. The summed E-state index contributed by atoms with van der Waals surface area (Å²) >= 11 is 0. The average Bonchev–Trinajstić information content (AvgIpc) is 2.79. The third-order valence-electron chi connectivity index (χ3n) is 12.1. The monoisotopic (exact) mass is 488 g/mol. The van der Waals surface area contributed by atoms with Gasteiger partial charge in [0, 0.05) is 16.7 Å². The lowest BCUT2D eigenvalue weighted by molar-refractivity contribution is -0.158. The molecule has 0 amide bonds. The van der Waals surface area contributed by atoms with Crippen molar-refractivity contribution in [3.8, 4) is 6.07 Å². The largest absolute Gasteiger partial charge is 0.295 e. The molecule has 0 bridgehead atoms. The molecule has 0 spiro atoms. The summed E-state index contributed by atoms with van der Waals surface area (Å²) in [5.41, 5.74) is -0.793. The Morgan fingerprint density at radius 1 is 0.972 bits per heavy atom. The molecule has 5 rings (SSSR count). The van der Waals surface area contributed by atoms with E-state index in [0.717, 1.165) is 50.5 Å². The summed E-state index contributed by atoms with van der Waals surface area (Å²) in [5, 5.41) is 9.84. The first-order chi connectivity index (χ1) is 16.6. The molecule has 0 saturated heterocycles. The van der Waals surface area contributed by atoms with Crippen LogP contribution in [-0.2, 0) is 14.4 Å². The van der Waals surface area contributed by atoms with E-state index in [4.69, 9.17) is 0 Å². The molecule has 5 aliphatic rings. The highest BCUT2D eigenvalue weighted by Crippen LogP contribution is 2.73. The quantitative estimate of drug-likeness (QED) is 0.320. The topological polar surface area (TPSA) is 87.4 Å². The molecule has 0 heterocycles. The molecular formula is C31H40N2O3. The third kappa shape index (κ3) is 2.94. The number of nitriles is 1. The van der Waals surface area contributed by atoms with Crippen molar-refractivity contribution in [1.29, 1.82) is 5.26 Å². The van der Waals surface area contributed by atoms with Gasteiger partial charge in [-0.25, -0.2) is 4.79 Å². The number of hydrogen-bond donors (Lipinski definition) is 0. The molecule has 5 nitrogen and oxygen atoms in total. The Morgan fingerprint density at radius 2 is 1.64 bits per heavy atom. The van der Waals surface area contributed by atoms with Gasteiger partial charge in [-0.2, -0.15) is 10.3 Å². The predicted molar refractivity (Wildman–Crippen MR) is 137 cm³/mol. The van der Waals surface area contributed by atoms with Crippen LogP contribution in [0.3, 0.4) is 0 Å². The van der Waals surface area contributed by atoms with E-state index in [-0.39, 0.29) is 51.1 Å². The molecule has 7 atom stereocenters. The van der Waals surface area contributed by atoms with Crippen molar-refractivity contribution in [2.45, 2.75) is 99.0 Å². The fraction of sp³-hybridized carbons (Fsp3) is 0.742. The lowest BCUT2D eigenvalue weighted by atomic mass is 9.35. The van der Waals surface area contributed by atoms with E-state index in [0.29, 0.717) is 0 Å². The molecular weight excluding hydrogens is 448 g/mol. The van der Waals surface area contributed by atoms with Crippen LogP contribution in [-0.4, -0.2) is 23.2 Å². The summed E-state index contributed by atoms with van der Waals surface area (Å²) in [6.07, 6.45) is 11.8. The van der Waals surface area contributed by atoms with Gasteiger partial charge in [-0.15, -0.1) is 0 Å². The highest BCUT2D eigenvalue weighted by atomic mass is 16.1. The van der Waals surface area contributed by atoms with Crippen molar-refractivity contribution in [2.75, 3.05) is 0 Å². The van der Waals surface area contributed by atoms with Gasteiger partial charge in [0.15, 0.2) is 11.6 Å². The van der Waals surface area contributed by atoms with Gasteiger partial charge >= 0.3 is 0 Å². The minimum Gasteiger partial charge on any atom is -0.295 e. The summed E-state index contributed by atoms with van der Waals surface area (Å²) in [6, 6.07) is 2.17. The number of aliphatic imine (C=N–C) groups is 1. The number of isocyanates is 1. The maximum atomic E-state index is 14.3. The highest BCUT2D eigenvalue weighted by molar-refractivity contribution is 6.04. The van der Waals surface area contributed by atoms with Crippen molar-refractivity contribution in [3.05, 3.63) is 23.3 Å². The number of fused-ring (bicyclic) bond motifs is 7. The van der Waals surface area contributed by atoms with E-state index in [9.17, 15) is 19.6 Å². The third-order valence-corrected chi connectivity index (χ3v) is 12.1. The zero-order valence-electron chi connectivity index (χ0n) is 23.0. The van der Waals surface area contributed by atoms with Gasteiger partial charge in [0.25, 0.3) is 0 Å². The number of ketones is 2. The van der Waals surface area contributed by atoms with Crippen LogP contribution < -0.4 is 0 Å². The molecule has 3 saturated carbocycles. The number of carbonyl (C=O) groups is 2.